The second-order valence-corrected chi connectivity index (χ2v) is 5.08. The molecule has 70 valence electrons. The van der Waals surface area contributed by atoms with Crippen LogP contribution in [0.5, 0.6) is 0 Å². The standard InChI is InChI=1S/C11H13BrO/c12-5-6-2-1-3-7-8-4-9(13)11(8)10(6)7/h5,7-8,10-11H,1-4H2/b6-5-/t7-,8?,10-,11?/m1/s1. The van der Waals surface area contributed by atoms with Gasteiger partial charge in [-0.15, -0.1) is 0 Å². The van der Waals surface area contributed by atoms with E-state index in [2.05, 4.69) is 20.9 Å². The fourth-order valence-electron chi connectivity index (χ4n) is 3.58. The molecule has 0 bridgehead atoms. The van der Waals surface area contributed by atoms with Gasteiger partial charge in [0.1, 0.15) is 5.78 Å². The number of halogens is 1. The smallest absolute Gasteiger partial charge is 0.137 e. The summed E-state index contributed by atoms with van der Waals surface area (Å²) in [7, 11) is 0. The van der Waals surface area contributed by atoms with Crippen molar-refractivity contribution in [3.05, 3.63) is 10.6 Å². The lowest BCUT2D eigenvalue weighted by Crippen LogP contribution is -2.60. The summed E-state index contributed by atoms with van der Waals surface area (Å²) in [5.41, 5.74) is 1.51. The molecule has 0 saturated heterocycles. The third kappa shape index (κ3) is 0.903. The number of hydrogen-bond donors (Lipinski definition) is 0. The number of hydrogen-bond acceptors (Lipinski definition) is 1. The van der Waals surface area contributed by atoms with Crippen LogP contribution >= 0.6 is 15.9 Å². The van der Waals surface area contributed by atoms with Crippen molar-refractivity contribution >= 4 is 21.7 Å². The Morgan fingerprint density at radius 3 is 2.85 bits per heavy atom. The lowest BCUT2D eigenvalue weighted by molar-refractivity contribution is -0.161. The molecular weight excluding hydrogens is 228 g/mol. The number of carbonyl (C=O) groups excluding carboxylic acids is 1. The quantitative estimate of drug-likeness (QED) is 0.637. The molecule has 0 radical (unpaired) electrons. The van der Waals surface area contributed by atoms with Gasteiger partial charge in [0, 0.05) is 12.3 Å². The molecular formula is C11H13BrO. The zero-order chi connectivity index (χ0) is 9.00. The summed E-state index contributed by atoms with van der Waals surface area (Å²) < 4.78 is 0. The van der Waals surface area contributed by atoms with Crippen LogP contribution in [0.3, 0.4) is 0 Å². The van der Waals surface area contributed by atoms with E-state index in [4.69, 9.17) is 0 Å². The average molecular weight is 241 g/mol. The Balaban J connectivity index is 1.87. The summed E-state index contributed by atoms with van der Waals surface area (Å²) >= 11 is 3.43. The molecule has 0 spiro atoms. The number of ketones is 1. The van der Waals surface area contributed by atoms with Crippen molar-refractivity contribution in [3.8, 4) is 0 Å². The lowest BCUT2D eigenvalue weighted by Gasteiger charge is -2.60. The predicted molar refractivity (Wildman–Crippen MR) is 54.4 cm³/mol. The molecule has 2 unspecified atom stereocenters. The van der Waals surface area contributed by atoms with Gasteiger partial charge in [-0.2, -0.15) is 0 Å². The van der Waals surface area contributed by atoms with Crippen molar-refractivity contribution in [3.63, 3.8) is 0 Å². The van der Waals surface area contributed by atoms with Crippen molar-refractivity contribution < 1.29 is 4.79 Å². The minimum Gasteiger partial charge on any atom is -0.299 e. The van der Waals surface area contributed by atoms with E-state index in [0.29, 0.717) is 17.6 Å². The Labute approximate surface area is 86.7 Å². The van der Waals surface area contributed by atoms with Crippen molar-refractivity contribution in [2.45, 2.75) is 25.7 Å². The van der Waals surface area contributed by atoms with Gasteiger partial charge in [0.2, 0.25) is 0 Å². The highest BCUT2D eigenvalue weighted by Gasteiger charge is 2.61. The highest BCUT2D eigenvalue weighted by molar-refractivity contribution is 9.11. The summed E-state index contributed by atoms with van der Waals surface area (Å²) in [5.74, 6) is 3.24. The maximum atomic E-state index is 11.4. The van der Waals surface area contributed by atoms with Crippen LogP contribution in [0.1, 0.15) is 25.7 Å². The van der Waals surface area contributed by atoms with E-state index in [9.17, 15) is 4.79 Å². The van der Waals surface area contributed by atoms with E-state index in [1.807, 2.05) is 0 Å². The van der Waals surface area contributed by atoms with Gasteiger partial charge in [0.15, 0.2) is 0 Å². The summed E-state index contributed by atoms with van der Waals surface area (Å²) in [6, 6.07) is 0. The van der Waals surface area contributed by atoms with Crippen LogP contribution in [0, 0.1) is 23.7 Å². The largest absolute Gasteiger partial charge is 0.299 e. The van der Waals surface area contributed by atoms with Gasteiger partial charge in [0.25, 0.3) is 0 Å². The van der Waals surface area contributed by atoms with Crippen LogP contribution in [0.15, 0.2) is 10.6 Å². The van der Waals surface area contributed by atoms with Gasteiger partial charge in [-0.25, -0.2) is 0 Å². The first-order valence-electron chi connectivity index (χ1n) is 5.15. The normalized spacial score (nSPS) is 50.5. The molecule has 0 heterocycles. The van der Waals surface area contributed by atoms with E-state index in [1.54, 1.807) is 0 Å². The maximum Gasteiger partial charge on any atom is 0.137 e. The molecule has 4 atom stereocenters. The topological polar surface area (TPSA) is 17.1 Å². The van der Waals surface area contributed by atoms with Gasteiger partial charge in [-0.1, -0.05) is 21.5 Å². The van der Waals surface area contributed by atoms with E-state index < -0.39 is 0 Å². The third-order valence-corrected chi connectivity index (χ3v) is 4.83. The highest BCUT2D eigenvalue weighted by atomic mass is 79.9. The second kappa shape index (κ2) is 2.69. The van der Waals surface area contributed by atoms with E-state index in [0.717, 1.165) is 18.3 Å². The Kier molecular flexibility index (Phi) is 1.70. The van der Waals surface area contributed by atoms with Crippen molar-refractivity contribution in [2.75, 3.05) is 0 Å². The number of rotatable bonds is 0. The molecule has 3 rings (SSSR count). The predicted octanol–water partition coefficient (Wildman–Crippen LogP) is 2.90. The van der Waals surface area contributed by atoms with Gasteiger partial charge in [-0.05, 0) is 42.0 Å². The molecule has 0 aromatic rings. The first-order valence-corrected chi connectivity index (χ1v) is 6.06. The van der Waals surface area contributed by atoms with Gasteiger partial charge < -0.3 is 0 Å². The summed E-state index contributed by atoms with van der Waals surface area (Å²) in [5, 5.41) is 0. The van der Waals surface area contributed by atoms with Crippen LogP contribution in [0.4, 0.5) is 0 Å². The molecule has 13 heavy (non-hydrogen) atoms. The van der Waals surface area contributed by atoms with Crippen LogP contribution in [-0.2, 0) is 4.79 Å². The van der Waals surface area contributed by atoms with Crippen molar-refractivity contribution in [1.29, 1.82) is 0 Å². The maximum absolute atomic E-state index is 11.4. The Hall–Kier alpha value is -0.110. The fourth-order valence-corrected chi connectivity index (χ4v) is 4.11. The molecule has 3 saturated carbocycles. The van der Waals surface area contributed by atoms with E-state index in [1.165, 1.54) is 24.8 Å². The van der Waals surface area contributed by atoms with Gasteiger partial charge in [0.05, 0.1) is 0 Å². The zero-order valence-electron chi connectivity index (χ0n) is 7.50. The van der Waals surface area contributed by atoms with Crippen LogP contribution in [-0.4, -0.2) is 5.78 Å². The minimum absolute atomic E-state index is 0.439. The molecule has 3 aliphatic carbocycles. The Bertz CT molecular complexity index is 294. The monoisotopic (exact) mass is 240 g/mol. The molecule has 0 aliphatic heterocycles. The second-order valence-electron chi connectivity index (χ2n) is 4.63. The molecule has 0 amide bonds. The molecule has 0 N–H and O–H groups in total. The van der Waals surface area contributed by atoms with E-state index >= 15 is 0 Å². The summed E-state index contributed by atoms with van der Waals surface area (Å²) in [4.78, 5) is 13.4. The first kappa shape index (κ1) is 8.22. The average Bonchev–Trinajstić information content (AvgIpc) is 2.13. The third-order valence-electron chi connectivity index (χ3n) is 4.24. The summed E-state index contributed by atoms with van der Waals surface area (Å²) in [6.07, 6.45) is 4.80. The Morgan fingerprint density at radius 1 is 1.31 bits per heavy atom. The van der Waals surface area contributed by atoms with Crippen molar-refractivity contribution in [1.82, 2.24) is 0 Å². The number of fused-ring (bicyclic) bond motifs is 4. The summed E-state index contributed by atoms with van der Waals surface area (Å²) in [6.45, 7) is 0. The zero-order valence-corrected chi connectivity index (χ0v) is 9.09. The molecule has 0 aromatic heterocycles. The number of allylic oxidation sites excluding steroid dienone is 1. The molecule has 3 aliphatic rings. The molecule has 2 heteroatoms. The number of Topliss-reactive ketones (excluding diaryl/α,β-unsaturated/α-hetero) is 1. The molecule has 0 aromatic carbocycles. The van der Waals surface area contributed by atoms with Gasteiger partial charge in [-0.3, -0.25) is 4.79 Å². The lowest BCUT2D eigenvalue weighted by atomic mass is 9.42. The first-order chi connectivity index (χ1) is 6.33. The SMILES string of the molecule is O=C1CC2C1[C@@H]1/C(=C\Br)CCC[C@H]21. The van der Waals surface area contributed by atoms with Gasteiger partial charge >= 0.3 is 0 Å². The minimum atomic E-state index is 0.439. The number of carbonyl (C=O) groups is 1. The fraction of sp³-hybridized carbons (Fsp3) is 0.727. The highest BCUT2D eigenvalue weighted by Crippen LogP contribution is 2.62. The van der Waals surface area contributed by atoms with Crippen LogP contribution in [0.25, 0.3) is 0 Å². The van der Waals surface area contributed by atoms with Crippen molar-refractivity contribution in [2.24, 2.45) is 23.7 Å². The molecule has 1 nitrogen and oxygen atoms in total. The van der Waals surface area contributed by atoms with E-state index in [-0.39, 0.29) is 0 Å². The van der Waals surface area contributed by atoms with Crippen LogP contribution < -0.4 is 0 Å². The Morgan fingerprint density at radius 2 is 2.15 bits per heavy atom. The molecule has 3 fully saturated rings. The van der Waals surface area contributed by atoms with Crippen LogP contribution in [0.2, 0.25) is 0 Å².